The molecule has 1 saturated heterocycles. The van der Waals surface area contributed by atoms with Gasteiger partial charge in [-0.25, -0.2) is 9.59 Å². The van der Waals surface area contributed by atoms with Gasteiger partial charge in [-0.05, 0) is 27.8 Å². The van der Waals surface area contributed by atoms with Gasteiger partial charge >= 0.3 is 12.1 Å². The van der Waals surface area contributed by atoms with Crippen molar-refractivity contribution in [3.8, 4) is 17.2 Å². The Balaban J connectivity index is 1.94. The quantitative estimate of drug-likeness (QED) is 0.203. The van der Waals surface area contributed by atoms with E-state index in [-0.39, 0.29) is 37.7 Å². The number of esters is 1. The highest BCUT2D eigenvalue weighted by Gasteiger charge is 2.26. The number of amides is 3. The smallest absolute Gasteiger partial charge is 0.407 e. The molecule has 1 heterocycles. The lowest BCUT2D eigenvalue weighted by Gasteiger charge is -2.31. The topological polar surface area (TPSA) is 157 Å². The molecule has 3 N–H and O–H groups in total. The van der Waals surface area contributed by atoms with Crippen molar-refractivity contribution in [3.63, 3.8) is 0 Å². The first-order chi connectivity index (χ1) is 19.8. The van der Waals surface area contributed by atoms with Crippen molar-refractivity contribution in [1.29, 1.82) is 0 Å². The third-order valence-corrected chi connectivity index (χ3v) is 6.24. The summed E-state index contributed by atoms with van der Waals surface area (Å²) < 4.78 is 26.8. The fraction of sp³-hybridized carbons (Fsp3) is 0.643. The van der Waals surface area contributed by atoms with E-state index >= 15 is 0 Å². The number of piperazine rings is 1. The third kappa shape index (κ3) is 12.0. The van der Waals surface area contributed by atoms with Gasteiger partial charge in [-0.1, -0.05) is 0 Å². The van der Waals surface area contributed by atoms with Gasteiger partial charge in [-0.2, -0.15) is 0 Å². The third-order valence-electron chi connectivity index (χ3n) is 6.24. The molecule has 14 nitrogen and oxygen atoms in total. The average Bonchev–Trinajstić information content (AvgIpc) is 2.93. The number of carbonyl (C=O) groups excluding carboxylic acids is 4. The summed E-state index contributed by atoms with van der Waals surface area (Å²) in [5.41, 5.74) is -0.149. The van der Waals surface area contributed by atoms with E-state index < -0.39 is 29.7 Å². The van der Waals surface area contributed by atoms with Gasteiger partial charge in [-0.15, -0.1) is 0 Å². The largest absolute Gasteiger partial charge is 0.496 e. The van der Waals surface area contributed by atoms with Gasteiger partial charge in [-0.3, -0.25) is 14.5 Å². The number of benzene rings is 1. The van der Waals surface area contributed by atoms with Crippen LogP contribution in [-0.2, 0) is 30.4 Å². The lowest BCUT2D eigenvalue weighted by atomic mass is 10.1. The van der Waals surface area contributed by atoms with E-state index in [4.69, 9.17) is 23.7 Å². The average molecular weight is 596 g/mol. The molecular formula is C28H45N5O9. The highest BCUT2D eigenvalue weighted by molar-refractivity contribution is 5.85. The van der Waals surface area contributed by atoms with E-state index in [1.54, 1.807) is 20.8 Å². The molecule has 1 fully saturated rings. The number of ether oxygens (including phenoxy) is 5. The zero-order chi connectivity index (χ0) is 31.3. The molecule has 1 aliphatic rings. The van der Waals surface area contributed by atoms with Crippen LogP contribution in [0.2, 0.25) is 0 Å². The Kier molecular flexibility index (Phi) is 13.6. The summed E-state index contributed by atoms with van der Waals surface area (Å²) in [7, 11) is 6.11. The standard InChI is InChI=1S/C28H45N5O9/c1-28(2,3)42-27(37)31-17-20-21(38-5)14-19(15-22(20)39-6)41-23(26(36)40-7)16-24(34)29-8-9-30-25(35)18-33-12-10-32(4)11-13-33/h14-15,23H,8-13,16-18H2,1-7H3,(H,29,34)(H,30,35)(H,31,37). The Labute approximate surface area is 247 Å². The van der Waals surface area contributed by atoms with Gasteiger partial charge in [0.15, 0.2) is 0 Å². The number of hydrogen-bond donors (Lipinski definition) is 3. The Hall–Kier alpha value is -3.78. The zero-order valence-corrected chi connectivity index (χ0v) is 25.7. The highest BCUT2D eigenvalue weighted by atomic mass is 16.6. The zero-order valence-electron chi connectivity index (χ0n) is 25.7. The Morgan fingerprint density at radius 2 is 1.45 bits per heavy atom. The fourth-order valence-corrected chi connectivity index (χ4v) is 4.06. The van der Waals surface area contributed by atoms with Crippen LogP contribution in [0.1, 0.15) is 32.8 Å². The lowest BCUT2D eigenvalue weighted by Crippen LogP contribution is -2.48. The number of rotatable bonds is 14. The van der Waals surface area contributed by atoms with E-state index in [0.29, 0.717) is 23.6 Å². The maximum Gasteiger partial charge on any atom is 0.407 e. The molecule has 1 unspecified atom stereocenters. The molecule has 0 spiro atoms. The van der Waals surface area contributed by atoms with Crippen LogP contribution in [0.5, 0.6) is 17.2 Å². The minimum atomic E-state index is -1.26. The Morgan fingerprint density at radius 1 is 0.881 bits per heavy atom. The van der Waals surface area contributed by atoms with E-state index in [9.17, 15) is 19.2 Å². The monoisotopic (exact) mass is 595 g/mol. The van der Waals surface area contributed by atoms with Crippen LogP contribution in [0.3, 0.4) is 0 Å². The van der Waals surface area contributed by atoms with E-state index in [0.717, 1.165) is 26.2 Å². The second-order valence-electron chi connectivity index (χ2n) is 10.8. The second kappa shape index (κ2) is 16.6. The molecule has 2 rings (SSSR count). The second-order valence-corrected chi connectivity index (χ2v) is 10.8. The van der Waals surface area contributed by atoms with Gasteiger partial charge in [0, 0.05) is 51.4 Å². The lowest BCUT2D eigenvalue weighted by molar-refractivity contribution is -0.151. The molecule has 236 valence electrons. The van der Waals surface area contributed by atoms with Gasteiger partial charge in [0.2, 0.25) is 17.9 Å². The predicted octanol–water partition coefficient (Wildman–Crippen LogP) is 0.519. The van der Waals surface area contributed by atoms with Crippen LogP contribution in [0.15, 0.2) is 12.1 Å². The van der Waals surface area contributed by atoms with Crippen LogP contribution < -0.4 is 30.2 Å². The van der Waals surface area contributed by atoms with Gasteiger partial charge < -0.3 is 44.5 Å². The summed E-state index contributed by atoms with van der Waals surface area (Å²) in [6.07, 6.45) is -2.20. The summed E-state index contributed by atoms with van der Waals surface area (Å²) in [6, 6.07) is 3.02. The normalized spacial score (nSPS) is 14.7. The number of nitrogens with zero attached hydrogens (tertiary/aromatic N) is 2. The number of nitrogens with one attached hydrogen (secondary N) is 3. The Bertz CT molecular complexity index is 1040. The van der Waals surface area contributed by atoms with Crippen molar-refractivity contribution in [2.45, 2.75) is 45.4 Å². The van der Waals surface area contributed by atoms with Gasteiger partial charge in [0.1, 0.15) is 22.8 Å². The molecule has 1 aromatic carbocycles. The number of carbonyl (C=O) groups is 4. The van der Waals surface area contributed by atoms with Crippen LogP contribution in [0, 0.1) is 0 Å². The van der Waals surface area contributed by atoms with Crippen molar-refractivity contribution in [2.24, 2.45) is 0 Å². The maximum absolute atomic E-state index is 12.6. The van der Waals surface area contributed by atoms with Gasteiger partial charge in [0.05, 0.1) is 46.4 Å². The predicted molar refractivity (Wildman–Crippen MR) is 154 cm³/mol. The molecule has 0 radical (unpaired) electrons. The Morgan fingerprint density at radius 3 is 1.98 bits per heavy atom. The van der Waals surface area contributed by atoms with Crippen LogP contribution >= 0.6 is 0 Å². The van der Waals surface area contributed by atoms with Crippen LogP contribution in [0.25, 0.3) is 0 Å². The number of hydrogen-bond acceptors (Lipinski definition) is 11. The summed E-state index contributed by atoms with van der Waals surface area (Å²) in [4.78, 5) is 53.6. The number of alkyl carbamates (subject to hydrolysis) is 1. The molecule has 42 heavy (non-hydrogen) atoms. The minimum absolute atomic E-state index is 0.0380. The first-order valence-electron chi connectivity index (χ1n) is 13.8. The van der Waals surface area contributed by atoms with Crippen molar-refractivity contribution < 1.29 is 42.9 Å². The van der Waals surface area contributed by atoms with Crippen molar-refractivity contribution in [1.82, 2.24) is 25.8 Å². The van der Waals surface area contributed by atoms with Gasteiger partial charge in [0.25, 0.3) is 0 Å². The molecule has 0 aliphatic carbocycles. The molecule has 1 atom stereocenters. The molecule has 1 aromatic rings. The molecule has 0 aromatic heterocycles. The molecule has 0 bridgehead atoms. The fourth-order valence-electron chi connectivity index (χ4n) is 4.06. The summed E-state index contributed by atoms with van der Waals surface area (Å²) in [5, 5.41) is 8.12. The summed E-state index contributed by atoms with van der Waals surface area (Å²) in [6.45, 7) is 9.54. The van der Waals surface area contributed by atoms with E-state index in [1.165, 1.54) is 33.5 Å². The highest BCUT2D eigenvalue weighted by Crippen LogP contribution is 2.35. The molecule has 1 aliphatic heterocycles. The van der Waals surface area contributed by atoms with Crippen LogP contribution in [-0.4, -0.2) is 120 Å². The first kappa shape index (κ1) is 34.4. The van der Waals surface area contributed by atoms with E-state index in [2.05, 4.69) is 25.8 Å². The SMILES string of the molecule is COC(=O)C(CC(=O)NCCNC(=O)CN1CCN(C)CC1)Oc1cc(OC)c(CNC(=O)OC(C)(C)C)c(OC)c1. The van der Waals surface area contributed by atoms with E-state index in [1.807, 2.05) is 7.05 Å². The molecule has 3 amide bonds. The van der Waals surface area contributed by atoms with Crippen molar-refractivity contribution in [3.05, 3.63) is 17.7 Å². The van der Waals surface area contributed by atoms with Crippen molar-refractivity contribution >= 4 is 23.9 Å². The molecule has 14 heteroatoms. The van der Waals surface area contributed by atoms with Crippen LogP contribution in [0.4, 0.5) is 4.79 Å². The molecular weight excluding hydrogens is 550 g/mol. The maximum atomic E-state index is 12.6. The number of likely N-dealkylation sites (N-methyl/N-ethyl adjacent to an activating group) is 1. The minimum Gasteiger partial charge on any atom is -0.496 e. The molecule has 0 saturated carbocycles. The summed E-state index contributed by atoms with van der Waals surface area (Å²) in [5.74, 6) is -0.502. The first-order valence-corrected chi connectivity index (χ1v) is 13.8. The number of methoxy groups -OCH3 is 3. The summed E-state index contributed by atoms with van der Waals surface area (Å²) >= 11 is 0. The van der Waals surface area contributed by atoms with Crippen molar-refractivity contribution in [2.75, 3.05) is 74.2 Å².